The highest BCUT2D eigenvalue weighted by Gasteiger charge is 2.31. The third-order valence-corrected chi connectivity index (χ3v) is 6.12. The quantitative estimate of drug-likeness (QED) is 0.236. The number of carbonyl (C=O) groups is 3. The molecule has 0 fully saturated rings. The van der Waals surface area contributed by atoms with Gasteiger partial charge >= 0.3 is 12.0 Å². The summed E-state index contributed by atoms with van der Waals surface area (Å²) in [6.45, 7) is 8.16. The van der Waals surface area contributed by atoms with Crippen LogP contribution in [0.2, 0.25) is 0 Å². The van der Waals surface area contributed by atoms with Crippen LogP contribution in [-0.2, 0) is 27.3 Å². The van der Waals surface area contributed by atoms with Gasteiger partial charge in [-0.25, -0.2) is 14.6 Å². The molecule has 0 radical (unpaired) electrons. The van der Waals surface area contributed by atoms with Crippen molar-refractivity contribution in [2.45, 2.75) is 65.5 Å². The molecule has 0 aliphatic carbocycles. The summed E-state index contributed by atoms with van der Waals surface area (Å²) in [4.78, 5) is 37.6. The number of ether oxygens (including phenoxy) is 2. The molecular formula is C31H39N3O5. The third kappa shape index (κ3) is 9.02. The zero-order valence-electron chi connectivity index (χ0n) is 23.3. The summed E-state index contributed by atoms with van der Waals surface area (Å²) in [6, 6.07) is 21.2. The van der Waals surface area contributed by atoms with E-state index in [1.165, 1.54) is 5.01 Å². The molecular weight excluding hydrogens is 494 g/mol. The molecule has 8 nitrogen and oxygen atoms in total. The summed E-state index contributed by atoms with van der Waals surface area (Å²) in [5.74, 6) is -0.0753. The van der Waals surface area contributed by atoms with E-state index in [-0.39, 0.29) is 24.9 Å². The number of rotatable bonds is 12. The van der Waals surface area contributed by atoms with Gasteiger partial charge in [0, 0.05) is 13.0 Å². The van der Waals surface area contributed by atoms with E-state index in [9.17, 15) is 14.4 Å². The average Bonchev–Trinajstić information content (AvgIpc) is 2.92. The fourth-order valence-corrected chi connectivity index (χ4v) is 4.03. The zero-order valence-corrected chi connectivity index (χ0v) is 23.3. The van der Waals surface area contributed by atoms with E-state index < -0.39 is 11.6 Å². The number of nitrogens with zero attached hydrogens (tertiary/aromatic N) is 1. The number of benzene rings is 3. The number of hydrogen-bond donors (Lipinski definition) is 2. The van der Waals surface area contributed by atoms with Crippen molar-refractivity contribution >= 4 is 28.7 Å². The van der Waals surface area contributed by atoms with E-state index in [2.05, 4.69) is 10.7 Å². The van der Waals surface area contributed by atoms with Crippen molar-refractivity contribution in [2.75, 3.05) is 13.2 Å². The number of urea groups is 1. The second-order valence-corrected chi connectivity index (χ2v) is 9.86. The number of hydrogen-bond acceptors (Lipinski definition) is 5. The topological polar surface area (TPSA) is 97.0 Å². The predicted octanol–water partition coefficient (Wildman–Crippen LogP) is 5.54. The molecule has 3 rings (SSSR count). The van der Waals surface area contributed by atoms with Gasteiger partial charge in [0.05, 0.1) is 13.2 Å². The molecule has 0 atom stereocenters. The fourth-order valence-electron chi connectivity index (χ4n) is 4.03. The van der Waals surface area contributed by atoms with Gasteiger partial charge in [0.1, 0.15) is 5.75 Å². The van der Waals surface area contributed by atoms with Gasteiger partial charge in [0.25, 0.3) is 0 Å². The van der Waals surface area contributed by atoms with E-state index in [4.69, 9.17) is 9.47 Å². The van der Waals surface area contributed by atoms with Crippen molar-refractivity contribution in [1.29, 1.82) is 0 Å². The Balaban J connectivity index is 1.54. The highest BCUT2D eigenvalue weighted by molar-refractivity contribution is 5.84. The molecule has 0 heterocycles. The van der Waals surface area contributed by atoms with Crippen LogP contribution >= 0.6 is 0 Å². The molecule has 3 aromatic carbocycles. The first-order chi connectivity index (χ1) is 18.7. The van der Waals surface area contributed by atoms with Crippen LogP contribution in [0.5, 0.6) is 5.75 Å². The first-order valence-corrected chi connectivity index (χ1v) is 13.5. The Bertz CT molecular complexity index is 1260. The molecule has 0 aromatic heterocycles. The van der Waals surface area contributed by atoms with Crippen LogP contribution < -0.4 is 15.5 Å². The second kappa shape index (κ2) is 14.2. The van der Waals surface area contributed by atoms with Crippen LogP contribution in [0.3, 0.4) is 0 Å². The van der Waals surface area contributed by atoms with Gasteiger partial charge in [-0.1, -0.05) is 55.5 Å². The maximum Gasteiger partial charge on any atom is 0.349 e. The first kappa shape index (κ1) is 29.5. The molecule has 2 N–H and O–H groups in total. The van der Waals surface area contributed by atoms with Crippen molar-refractivity contribution in [3.63, 3.8) is 0 Å². The molecule has 3 aromatic rings. The molecule has 8 heteroatoms. The van der Waals surface area contributed by atoms with Crippen LogP contribution in [0.25, 0.3) is 10.8 Å². The Morgan fingerprint density at radius 3 is 2.28 bits per heavy atom. The lowest BCUT2D eigenvalue weighted by Crippen LogP contribution is -2.50. The van der Waals surface area contributed by atoms with Gasteiger partial charge in [-0.3, -0.25) is 10.2 Å². The van der Waals surface area contributed by atoms with Crippen LogP contribution in [-0.4, -0.2) is 41.7 Å². The van der Waals surface area contributed by atoms with Crippen molar-refractivity contribution < 1.29 is 23.9 Å². The van der Waals surface area contributed by atoms with Crippen LogP contribution in [0, 0.1) is 0 Å². The molecule has 0 saturated heterocycles. The number of fused-ring (bicyclic) bond motifs is 1. The normalized spacial score (nSPS) is 11.1. The fraction of sp³-hybridized carbons (Fsp3) is 0.387. The Kier molecular flexibility index (Phi) is 10.7. The summed E-state index contributed by atoms with van der Waals surface area (Å²) >= 11 is 0. The Labute approximate surface area is 230 Å². The number of hydrazine groups is 1. The monoisotopic (exact) mass is 533 g/mol. The minimum absolute atomic E-state index is 0.224. The van der Waals surface area contributed by atoms with Gasteiger partial charge in [0.2, 0.25) is 5.91 Å². The van der Waals surface area contributed by atoms with E-state index in [0.717, 1.165) is 28.3 Å². The lowest BCUT2D eigenvalue weighted by molar-refractivity contribution is -0.158. The van der Waals surface area contributed by atoms with Gasteiger partial charge in [-0.2, -0.15) is 0 Å². The highest BCUT2D eigenvalue weighted by atomic mass is 16.6. The molecule has 0 unspecified atom stereocenters. The standard InChI is InChI=1S/C31H39N3O5/c1-5-20-32-30(37)34(22-24-14-17-25-11-7-8-12-26(25)21-24)33-28(35)13-9-10-23-15-18-27(19-16-23)39-31(3,4)29(36)38-6-2/h7-8,11-12,14-19,21H,5-6,9-10,13,20,22H2,1-4H3,(H,32,37)(H,33,35). The maximum absolute atomic E-state index is 12.8. The summed E-state index contributed by atoms with van der Waals surface area (Å²) in [6.07, 6.45) is 2.36. The molecule has 3 amide bonds. The zero-order chi connectivity index (χ0) is 28.3. The Hall–Kier alpha value is -4.07. The first-order valence-electron chi connectivity index (χ1n) is 13.5. The summed E-state index contributed by atoms with van der Waals surface area (Å²) in [5, 5.41) is 6.39. The van der Waals surface area contributed by atoms with Crippen molar-refractivity contribution in [3.05, 3.63) is 77.9 Å². The molecule has 208 valence electrons. The molecule has 39 heavy (non-hydrogen) atoms. The van der Waals surface area contributed by atoms with Crippen molar-refractivity contribution in [3.8, 4) is 5.75 Å². The second-order valence-electron chi connectivity index (χ2n) is 9.86. The number of aryl methyl sites for hydroxylation is 1. The van der Waals surface area contributed by atoms with Crippen LogP contribution in [0.15, 0.2) is 66.7 Å². The summed E-state index contributed by atoms with van der Waals surface area (Å²) in [7, 11) is 0. The minimum atomic E-state index is -1.09. The van der Waals surface area contributed by atoms with Gasteiger partial charge in [-0.15, -0.1) is 0 Å². The number of carbonyl (C=O) groups excluding carboxylic acids is 3. The Morgan fingerprint density at radius 1 is 0.897 bits per heavy atom. The van der Waals surface area contributed by atoms with E-state index in [1.54, 1.807) is 32.9 Å². The van der Waals surface area contributed by atoms with E-state index in [1.807, 2.05) is 61.5 Å². The van der Waals surface area contributed by atoms with Gasteiger partial charge in [-0.05, 0) is 80.1 Å². The molecule has 0 saturated carbocycles. The van der Waals surface area contributed by atoms with Crippen LogP contribution in [0.1, 0.15) is 58.1 Å². The summed E-state index contributed by atoms with van der Waals surface area (Å²) < 4.78 is 10.9. The number of esters is 1. The smallest absolute Gasteiger partial charge is 0.349 e. The SMILES string of the molecule is CCCNC(=O)N(Cc1ccc2ccccc2c1)NC(=O)CCCc1ccc(OC(C)(C)C(=O)OCC)cc1. The molecule has 0 aliphatic rings. The predicted molar refractivity (Wildman–Crippen MR) is 152 cm³/mol. The van der Waals surface area contributed by atoms with Crippen molar-refractivity contribution in [2.24, 2.45) is 0 Å². The van der Waals surface area contributed by atoms with E-state index in [0.29, 0.717) is 31.7 Å². The van der Waals surface area contributed by atoms with Crippen molar-refractivity contribution in [1.82, 2.24) is 15.8 Å². The molecule has 0 aliphatic heterocycles. The third-order valence-electron chi connectivity index (χ3n) is 6.12. The molecule has 0 spiro atoms. The highest BCUT2D eigenvalue weighted by Crippen LogP contribution is 2.21. The molecule has 0 bridgehead atoms. The lowest BCUT2D eigenvalue weighted by Gasteiger charge is -2.24. The number of amides is 3. The average molecular weight is 534 g/mol. The largest absolute Gasteiger partial charge is 0.476 e. The maximum atomic E-state index is 12.8. The minimum Gasteiger partial charge on any atom is -0.476 e. The van der Waals surface area contributed by atoms with Gasteiger partial charge < -0.3 is 14.8 Å². The van der Waals surface area contributed by atoms with Gasteiger partial charge in [0.15, 0.2) is 5.60 Å². The van der Waals surface area contributed by atoms with Crippen LogP contribution in [0.4, 0.5) is 4.79 Å². The Morgan fingerprint density at radius 2 is 1.59 bits per heavy atom. The summed E-state index contributed by atoms with van der Waals surface area (Å²) in [5.41, 5.74) is 3.66. The lowest BCUT2D eigenvalue weighted by atomic mass is 10.1. The van der Waals surface area contributed by atoms with E-state index >= 15 is 0 Å². The number of nitrogens with one attached hydrogen (secondary N) is 2.